The van der Waals surface area contributed by atoms with Crippen molar-refractivity contribution < 1.29 is 19.2 Å². The van der Waals surface area contributed by atoms with Gasteiger partial charge in [0.25, 0.3) is 0 Å². The predicted octanol–water partition coefficient (Wildman–Crippen LogP) is 5.81. The van der Waals surface area contributed by atoms with E-state index in [1.807, 2.05) is 0 Å². The van der Waals surface area contributed by atoms with Crippen molar-refractivity contribution >= 4 is 23.6 Å². The van der Waals surface area contributed by atoms with Gasteiger partial charge in [0.2, 0.25) is 23.6 Å². The lowest BCUT2D eigenvalue weighted by Crippen LogP contribution is -2.21. The molecule has 0 heterocycles. The molecule has 234 valence electrons. The largest absolute Gasteiger partial charge is 0.353 e. The monoisotopic (exact) mass is 574 g/mol. The molecule has 0 aromatic rings. The summed E-state index contributed by atoms with van der Waals surface area (Å²) in [6.07, 6.45) is 25.3. The van der Waals surface area contributed by atoms with Crippen molar-refractivity contribution in [1.29, 1.82) is 0 Å². The molecule has 0 aliphatic rings. The molecule has 8 nitrogen and oxygen atoms in total. The molecule has 0 saturated heterocycles. The fraction of sp³-hybridized carbons (Fsp3) is 0.636. The van der Waals surface area contributed by atoms with Gasteiger partial charge in [-0.15, -0.1) is 0 Å². The molecule has 0 fully saturated rings. The summed E-state index contributed by atoms with van der Waals surface area (Å²) in [5.41, 5.74) is 0. The van der Waals surface area contributed by atoms with Crippen LogP contribution in [0.25, 0.3) is 0 Å². The van der Waals surface area contributed by atoms with Crippen molar-refractivity contribution in [3.63, 3.8) is 0 Å². The maximum atomic E-state index is 10.9. The Hall–Kier alpha value is -3.16. The molecule has 0 aliphatic heterocycles. The van der Waals surface area contributed by atoms with Crippen LogP contribution in [0, 0.1) is 0 Å². The Labute approximate surface area is 250 Å². The lowest BCUT2D eigenvalue weighted by molar-refractivity contribution is -0.117. The molecule has 4 amide bonds. The predicted molar refractivity (Wildman–Crippen MR) is 171 cm³/mol. The molecule has 8 heteroatoms. The molecule has 0 saturated carbocycles. The number of unbranched alkanes of at least 4 members (excludes halogenated alkanes) is 15. The van der Waals surface area contributed by atoms with Gasteiger partial charge in [-0.3, -0.25) is 19.2 Å². The van der Waals surface area contributed by atoms with Gasteiger partial charge in [-0.05, 0) is 50.0 Å². The van der Waals surface area contributed by atoms with E-state index in [9.17, 15) is 19.2 Å². The molecular weight excluding hydrogens is 516 g/mol. The van der Waals surface area contributed by atoms with Crippen molar-refractivity contribution in [2.75, 3.05) is 26.2 Å². The zero-order valence-corrected chi connectivity index (χ0v) is 25.6. The first-order chi connectivity index (χ1) is 19.9. The highest BCUT2D eigenvalue weighted by atomic mass is 16.2. The highest BCUT2D eigenvalue weighted by molar-refractivity contribution is 5.87. The van der Waals surface area contributed by atoms with E-state index in [1.165, 1.54) is 94.9 Å². The van der Waals surface area contributed by atoms with Crippen molar-refractivity contribution in [2.45, 2.75) is 109 Å². The molecule has 0 aromatic carbocycles. The topological polar surface area (TPSA) is 116 Å². The minimum atomic E-state index is -0.0958. The van der Waals surface area contributed by atoms with Gasteiger partial charge in [0.1, 0.15) is 0 Å². The zero-order chi connectivity index (χ0) is 30.8. The normalized spacial score (nSPS) is 9.85. The third-order valence-electron chi connectivity index (χ3n) is 6.40. The number of rotatable bonds is 27. The van der Waals surface area contributed by atoms with E-state index in [4.69, 9.17) is 0 Å². The van der Waals surface area contributed by atoms with Crippen LogP contribution in [0.3, 0.4) is 0 Å². The average molecular weight is 575 g/mol. The van der Waals surface area contributed by atoms with Crippen LogP contribution >= 0.6 is 0 Å². The van der Waals surface area contributed by atoms with Gasteiger partial charge in [0.15, 0.2) is 0 Å². The molecule has 0 unspecified atom stereocenters. The highest BCUT2D eigenvalue weighted by Crippen LogP contribution is 2.10. The number of hydrogen-bond acceptors (Lipinski definition) is 4. The standard InChI is InChI=1S/C18H32N2O2.C15H26N2O2/c1-3-17(21)19-15-13-11-9-7-5-6-8-10-12-14-16-20-18(22)4-2;1-3-14(18)16-12-10-8-6-5-7-9-11-13-17-15(19)4-2/h3-4H,1-2,5-16H2,(H,19,21)(H,20,22);3-4H,1-2,5-13H2,(H,16,18)(H,17,19). The summed E-state index contributed by atoms with van der Waals surface area (Å²) in [6.45, 7) is 16.6. The SMILES string of the molecule is C=CC(=O)NCCCCCCCCCCCCNC(=O)C=C.C=CC(=O)NCCCCCCCCCNC(=O)C=C. The number of carbonyl (C=O) groups is 4. The lowest BCUT2D eigenvalue weighted by Gasteiger charge is -2.04. The molecular formula is C33H58N4O4. The summed E-state index contributed by atoms with van der Waals surface area (Å²) in [5, 5.41) is 11.1. The van der Waals surface area contributed by atoms with E-state index < -0.39 is 0 Å². The molecule has 0 radical (unpaired) electrons. The second-order valence-electron chi connectivity index (χ2n) is 9.99. The first kappa shape index (κ1) is 40.0. The first-order valence-corrected chi connectivity index (χ1v) is 15.5. The van der Waals surface area contributed by atoms with Crippen molar-refractivity contribution in [1.82, 2.24) is 21.3 Å². The van der Waals surface area contributed by atoms with Crippen LogP contribution in [0.5, 0.6) is 0 Å². The Morgan fingerprint density at radius 3 is 0.610 bits per heavy atom. The molecule has 0 bridgehead atoms. The number of carbonyl (C=O) groups excluding carboxylic acids is 4. The van der Waals surface area contributed by atoms with E-state index in [1.54, 1.807) is 0 Å². The summed E-state index contributed by atoms with van der Waals surface area (Å²) in [6, 6.07) is 0. The van der Waals surface area contributed by atoms with E-state index >= 15 is 0 Å². The Bertz CT molecular complexity index is 677. The van der Waals surface area contributed by atoms with E-state index in [-0.39, 0.29) is 23.6 Å². The smallest absolute Gasteiger partial charge is 0.243 e. The van der Waals surface area contributed by atoms with E-state index in [0.29, 0.717) is 0 Å². The molecule has 41 heavy (non-hydrogen) atoms. The minimum absolute atomic E-state index is 0.0796. The van der Waals surface area contributed by atoms with Crippen LogP contribution in [0.1, 0.15) is 109 Å². The van der Waals surface area contributed by atoms with Gasteiger partial charge in [-0.2, -0.15) is 0 Å². The Balaban J connectivity index is 0. The third-order valence-corrected chi connectivity index (χ3v) is 6.40. The molecule has 0 spiro atoms. The second-order valence-corrected chi connectivity index (χ2v) is 9.99. The molecule has 0 atom stereocenters. The molecule has 0 rings (SSSR count). The van der Waals surface area contributed by atoms with Crippen LogP contribution < -0.4 is 21.3 Å². The van der Waals surface area contributed by atoms with Crippen LogP contribution in [-0.4, -0.2) is 49.8 Å². The van der Waals surface area contributed by atoms with Crippen molar-refractivity contribution in [3.05, 3.63) is 50.6 Å². The number of hydrogen-bond donors (Lipinski definition) is 4. The van der Waals surface area contributed by atoms with Gasteiger partial charge in [-0.25, -0.2) is 0 Å². The number of nitrogens with one attached hydrogen (secondary N) is 4. The zero-order valence-electron chi connectivity index (χ0n) is 25.6. The molecule has 0 aliphatic carbocycles. The quantitative estimate of drug-likeness (QED) is 0.0731. The summed E-state index contributed by atoms with van der Waals surface area (Å²) < 4.78 is 0. The average Bonchev–Trinajstić information content (AvgIpc) is 2.99. The Kier molecular flexibility index (Phi) is 32.2. The molecule has 0 aromatic heterocycles. The van der Waals surface area contributed by atoms with Gasteiger partial charge in [0.05, 0.1) is 0 Å². The summed E-state index contributed by atoms with van der Waals surface area (Å²) in [5.74, 6) is -0.351. The van der Waals surface area contributed by atoms with Gasteiger partial charge in [0, 0.05) is 26.2 Å². The van der Waals surface area contributed by atoms with Crippen LogP contribution in [0.2, 0.25) is 0 Å². The summed E-state index contributed by atoms with van der Waals surface area (Å²) in [4.78, 5) is 43.5. The third kappa shape index (κ3) is 34.8. The Morgan fingerprint density at radius 2 is 0.463 bits per heavy atom. The van der Waals surface area contributed by atoms with Crippen molar-refractivity contribution in [3.8, 4) is 0 Å². The Morgan fingerprint density at radius 1 is 0.317 bits per heavy atom. The van der Waals surface area contributed by atoms with Gasteiger partial charge in [-0.1, -0.05) is 110 Å². The summed E-state index contributed by atoms with van der Waals surface area (Å²) >= 11 is 0. The van der Waals surface area contributed by atoms with Crippen LogP contribution in [0.4, 0.5) is 0 Å². The fourth-order valence-corrected chi connectivity index (χ4v) is 3.93. The summed E-state index contributed by atoms with van der Waals surface area (Å²) in [7, 11) is 0. The van der Waals surface area contributed by atoms with E-state index in [0.717, 1.165) is 64.7 Å². The molecule has 4 N–H and O–H groups in total. The maximum absolute atomic E-state index is 10.9. The fourth-order valence-electron chi connectivity index (χ4n) is 3.93. The lowest BCUT2D eigenvalue weighted by atomic mass is 10.1. The maximum Gasteiger partial charge on any atom is 0.243 e. The highest BCUT2D eigenvalue weighted by Gasteiger charge is 1.97. The van der Waals surface area contributed by atoms with Gasteiger partial charge >= 0.3 is 0 Å². The van der Waals surface area contributed by atoms with Crippen LogP contribution in [-0.2, 0) is 19.2 Å². The first-order valence-electron chi connectivity index (χ1n) is 15.5. The minimum Gasteiger partial charge on any atom is -0.353 e. The second kappa shape index (κ2) is 33.0. The van der Waals surface area contributed by atoms with Crippen molar-refractivity contribution in [2.24, 2.45) is 0 Å². The van der Waals surface area contributed by atoms with E-state index in [2.05, 4.69) is 47.6 Å². The van der Waals surface area contributed by atoms with Crippen LogP contribution in [0.15, 0.2) is 50.6 Å². The number of amides is 4. The van der Waals surface area contributed by atoms with Gasteiger partial charge < -0.3 is 21.3 Å².